The highest BCUT2D eigenvalue weighted by Crippen LogP contribution is 2.21. The lowest BCUT2D eigenvalue weighted by molar-refractivity contribution is 0.405. The molecule has 0 aromatic rings. The second-order valence-corrected chi connectivity index (χ2v) is 2.89. The van der Waals surface area contributed by atoms with Crippen molar-refractivity contribution in [2.75, 3.05) is 6.54 Å². The minimum atomic E-state index is 0.336. The van der Waals surface area contributed by atoms with Gasteiger partial charge in [-0.2, -0.15) is 0 Å². The third kappa shape index (κ3) is 0.978. The lowest BCUT2D eigenvalue weighted by atomic mass is 10.1. The molecule has 0 unspecified atom stereocenters. The van der Waals surface area contributed by atoms with Crippen molar-refractivity contribution in [1.29, 1.82) is 0 Å². The predicted octanol–water partition coefficient (Wildman–Crippen LogP) is 1.63. The fourth-order valence-electron chi connectivity index (χ4n) is 1.35. The summed E-state index contributed by atoms with van der Waals surface area (Å²) in [5.41, 5.74) is 2.61. The third-order valence-corrected chi connectivity index (χ3v) is 2.02. The van der Waals surface area contributed by atoms with Crippen LogP contribution in [0.2, 0.25) is 0 Å². The van der Waals surface area contributed by atoms with Gasteiger partial charge < -0.3 is 5.11 Å². The summed E-state index contributed by atoms with van der Waals surface area (Å²) in [6.45, 7) is 2.70. The van der Waals surface area contributed by atoms with Gasteiger partial charge in [-0.05, 0) is 12.5 Å². The zero-order valence-corrected chi connectivity index (χ0v) is 6.91. The number of hydrogen-bond donors (Lipinski definition) is 1. The summed E-state index contributed by atoms with van der Waals surface area (Å²) in [6, 6.07) is 0. The number of hydrogen-bond acceptors (Lipinski definition) is 3. The minimum absolute atomic E-state index is 0.336. The Bertz CT molecular complexity index is 334. The summed E-state index contributed by atoms with van der Waals surface area (Å²) in [6.07, 6.45) is 4.28. The molecular formula is C9H10N2O. The first-order chi connectivity index (χ1) is 5.79. The molecule has 0 atom stereocenters. The van der Waals surface area contributed by atoms with Crippen LogP contribution in [0.3, 0.4) is 0 Å². The monoisotopic (exact) mass is 162 g/mol. The molecule has 2 aliphatic rings. The maximum absolute atomic E-state index is 9.41. The van der Waals surface area contributed by atoms with Gasteiger partial charge in [-0.3, -0.25) is 9.98 Å². The van der Waals surface area contributed by atoms with Crippen molar-refractivity contribution in [3.63, 3.8) is 0 Å². The maximum Gasteiger partial charge on any atom is 0.126 e. The van der Waals surface area contributed by atoms with Gasteiger partial charge >= 0.3 is 0 Å². The summed E-state index contributed by atoms with van der Waals surface area (Å²) < 4.78 is 0. The molecule has 0 fully saturated rings. The zero-order valence-electron chi connectivity index (χ0n) is 6.91. The van der Waals surface area contributed by atoms with Crippen LogP contribution in [0.1, 0.15) is 13.3 Å². The maximum atomic E-state index is 9.41. The fraction of sp³-hybridized carbons (Fsp3) is 0.333. The SMILES string of the molecule is CC1=CCN=C1C1=C(O)CC=N1. The van der Waals surface area contributed by atoms with Crippen LogP contribution in [0.5, 0.6) is 0 Å². The standard InChI is InChI=1S/C9H10N2O/c1-6-2-4-10-8(6)9-7(12)3-5-11-9/h2,5,12H,3-4H2,1H3. The van der Waals surface area contributed by atoms with Crippen molar-refractivity contribution in [3.8, 4) is 0 Å². The van der Waals surface area contributed by atoms with Gasteiger partial charge in [-0.25, -0.2) is 0 Å². The first kappa shape index (κ1) is 7.28. The van der Waals surface area contributed by atoms with Crippen LogP contribution in [0, 0.1) is 0 Å². The summed E-state index contributed by atoms with van der Waals surface area (Å²) in [7, 11) is 0. The zero-order chi connectivity index (χ0) is 8.55. The van der Waals surface area contributed by atoms with E-state index in [1.54, 1.807) is 6.21 Å². The van der Waals surface area contributed by atoms with Crippen LogP contribution in [-0.2, 0) is 0 Å². The molecule has 3 nitrogen and oxygen atoms in total. The Balaban J connectivity index is 2.37. The van der Waals surface area contributed by atoms with Gasteiger partial charge in [-0.15, -0.1) is 0 Å². The number of aliphatic imine (C=N–C) groups is 2. The molecule has 3 heteroatoms. The van der Waals surface area contributed by atoms with E-state index in [2.05, 4.69) is 9.98 Å². The minimum Gasteiger partial charge on any atom is -0.510 e. The molecule has 0 aromatic carbocycles. The number of allylic oxidation sites excluding steroid dienone is 2. The van der Waals surface area contributed by atoms with Crippen molar-refractivity contribution < 1.29 is 5.11 Å². The fourth-order valence-corrected chi connectivity index (χ4v) is 1.35. The van der Waals surface area contributed by atoms with Gasteiger partial charge in [0.05, 0.1) is 12.3 Å². The lowest BCUT2D eigenvalue weighted by Gasteiger charge is -2.00. The number of nitrogens with zero attached hydrogens (tertiary/aromatic N) is 2. The van der Waals surface area contributed by atoms with Gasteiger partial charge in [0.25, 0.3) is 0 Å². The highest BCUT2D eigenvalue weighted by Gasteiger charge is 2.18. The van der Waals surface area contributed by atoms with E-state index in [1.807, 2.05) is 13.0 Å². The van der Waals surface area contributed by atoms with Crippen LogP contribution in [0.4, 0.5) is 0 Å². The molecule has 1 N–H and O–H groups in total. The molecule has 0 bridgehead atoms. The Labute approximate surface area is 70.9 Å². The average molecular weight is 162 g/mol. The smallest absolute Gasteiger partial charge is 0.126 e. The summed E-state index contributed by atoms with van der Waals surface area (Å²) >= 11 is 0. The topological polar surface area (TPSA) is 45.0 Å². The van der Waals surface area contributed by atoms with E-state index < -0.39 is 0 Å². The highest BCUT2D eigenvalue weighted by molar-refractivity contribution is 6.14. The lowest BCUT2D eigenvalue weighted by Crippen LogP contribution is -2.00. The van der Waals surface area contributed by atoms with Crippen molar-refractivity contribution in [1.82, 2.24) is 0 Å². The van der Waals surface area contributed by atoms with Crippen molar-refractivity contribution >= 4 is 11.9 Å². The molecule has 0 amide bonds. The van der Waals surface area contributed by atoms with E-state index in [0.717, 1.165) is 11.3 Å². The van der Waals surface area contributed by atoms with Gasteiger partial charge in [0.15, 0.2) is 0 Å². The van der Waals surface area contributed by atoms with E-state index in [-0.39, 0.29) is 0 Å². The van der Waals surface area contributed by atoms with Crippen LogP contribution in [-0.4, -0.2) is 23.6 Å². The van der Waals surface area contributed by atoms with Gasteiger partial charge in [0.2, 0.25) is 0 Å². The quantitative estimate of drug-likeness (QED) is 0.625. The van der Waals surface area contributed by atoms with Crippen LogP contribution in [0.15, 0.2) is 33.1 Å². The normalized spacial score (nSPS) is 21.8. The summed E-state index contributed by atoms with van der Waals surface area (Å²) in [5, 5.41) is 9.41. The Hall–Kier alpha value is -1.38. The molecule has 2 aliphatic heterocycles. The molecule has 2 rings (SSSR count). The molecule has 0 saturated carbocycles. The second-order valence-electron chi connectivity index (χ2n) is 2.89. The molecule has 62 valence electrons. The third-order valence-electron chi connectivity index (χ3n) is 2.02. The highest BCUT2D eigenvalue weighted by atomic mass is 16.3. The summed E-state index contributed by atoms with van der Waals surface area (Å²) in [4.78, 5) is 8.32. The molecule has 0 radical (unpaired) electrons. The second kappa shape index (κ2) is 2.59. The number of aliphatic hydroxyl groups excluding tert-OH is 1. The van der Waals surface area contributed by atoms with Crippen molar-refractivity contribution in [2.45, 2.75) is 13.3 Å². The van der Waals surface area contributed by atoms with Crippen LogP contribution < -0.4 is 0 Å². The van der Waals surface area contributed by atoms with E-state index in [9.17, 15) is 5.11 Å². The first-order valence-electron chi connectivity index (χ1n) is 3.95. The Morgan fingerprint density at radius 1 is 1.50 bits per heavy atom. The van der Waals surface area contributed by atoms with E-state index in [0.29, 0.717) is 24.4 Å². The van der Waals surface area contributed by atoms with Crippen molar-refractivity contribution in [2.24, 2.45) is 9.98 Å². The molecule has 12 heavy (non-hydrogen) atoms. The summed E-state index contributed by atoms with van der Waals surface area (Å²) in [5.74, 6) is 0.336. The molecule has 0 aliphatic carbocycles. The number of aliphatic hydroxyl groups is 1. The Morgan fingerprint density at radius 2 is 2.33 bits per heavy atom. The molecule has 0 saturated heterocycles. The van der Waals surface area contributed by atoms with Crippen LogP contribution in [0.25, 0.3) is 0 Å². The molecule has 0 aromatic heterocycles. The van der Waals surface area contributed by atoms with Gasteiger partial charge in [-0.1, -0.05) is 6.08 Å². The van der Waals surface area contributed by atoms with Gasteiger partial charge in [0, 0.05) is 12.6 Å². The largest absolute Gasteiger partial charge is 0.510 e. The van der Waals surface area contributed by atoms with Crippen molar-refractivity contribution in [3.05, 3.63) is 23.1 Å². The Kier molecular flexibility index (Phi) is 1.57. The van der Waals surface area contributed by atoms with Crippen LogP contribution >= 0.6 is 0 Å². The van der Waals surface area contributed by atoms with E-state index >= 15 is 0 Å². The Morgan fingerprint density at radius 3 is 2.83 bits per heavy atom. The average Bonchev–Trinajstić information content (AvgIpc) is 2.59. The van der Waals surface area contributed by atoms with E-state index in [1.165, 1.54) is 0 Å². The van der Waals surface area contributed by atoms with Gasteiger partial charge in [0.1, 0.15) is 11.5 Å². The first-order valence-corrected chi connectivity index (χ1v) is 3.95. The molecule has 0 spiro atoms. The predicted molar refractivity (Wildman–Crippen MR) is 48.8 cm³/mol. The van der Waals surface area contributed by atoms with E-state index in [4.69, 9.17) is 0 Å². The molecule has 2 heterocycles. The number of rotatable bonds is 1. The molecular weight excluding hydrogens is 152 g/mol.